The monoisotopic (exact) mass is 540 g/mol. The third kappa shape index (κ3) is 5.62. The van der Waals surface area contributed by atoms with Crippen molar-refractivity contribution < 1.29 is 13.4 Å². The van der Waals surface area contributed by atoms with E-state index in [4.69, 9.17) is 9.73 Å². The SMILES string of the molecule is CCOC(=O)CC1CCCC2=Nc3c(-c4cnn(-c5ccccc5)c4)cnn3C(N(S)SF)=CC2CC1. The number of halogens is 1. The quantitative estimate of drug-likeness (QED) is 0.211. The molecule has 0 amide bonds. The van der Waals surface area contributed by atoms with E-state index in [1.807, 2.05) is 54.2 Å². The van der Waals surface area contributed by atoms with Gasteiger partial charge in [0.2, 0.25) is 0 Å². The van der Waals surface area contributed by atoms with Crippen molar-refractivity contribution in [1.82, 2.24) is 23.3 Å². The predicted molar refractivity (Wildman–Crippen MR) is 147 cm³/mol. The Labute approximate surface area is 225 Å². The van der Waals surface area contributed by atoms with Crippen molar-refractivity contribution in [2.45, 2.75) is 45.4 Å². The Morgan fingerprint density at radius 3 is 2.84 bits per heavy atom. The minimum absolute atomic E-state index is 0.0108. The van der Waals surface area contributed by atoms with Crippen molar-refractivity contribution in [3.63, 3.8) is 0 Å². The van der Waals surface area contributed by atoms with Gasteiger partial charge in [-0.3, -0.25) is 4.79 Å². The minimum Gasteiger partial charge on any atom is -0.466 e. The number of rotatable bonds is 7. The Morgan fingerprint density at radius 2 is 2.05 bits per heavy atom. The van der Waals surface area contributed by atoms with E-state index in [0.717, 1.165) is 54.6 Å². The zero-order chi connectivity index (χ0) is 25.8. The van der Waals surface area contributed by atoms with Gasteiger partial charge in [0.1, 0.15) is 0 Å². The fourth-order valence-corrected chi connectivity index (χ4v) is 5.39. The summed E-state index contributed by atoms with van der Waals surface area (Å²) in [4.78, 5) is 17.2. The normalized spacial score (nSPS) is 19.4. The molecule has 2 aromatic heterocycles. The second-order valence-electron chi connectivity index (χ2n) is 9.22. The van der Waals surface area contributed by atoms with Gasteiger partial charge in [-0.1, -0.05) is 31.0 Å². The number of hydrogen-bond acceptors (Lipinski definition) is 8. The summed E-state index contributed by atoms with van der Waals surface area (Å²) >= 11 is 4.36. The summed E-state index contributed by atoms with van der Waals surface area (Å²) in [7, 11) is 0. The first kappa shape index (κ1) is 25.6. The number of aliphatic imine (C=N–C) groups is 1. The highest BCUT2D eigenvalue weighted by Crippen LogP contribution is 2.40. The van der Waals surface area contributed by atoms with Gasteiger partial charge >= 0.3 is 5.97 Å². The number of aromatic nitrogens is 4. The van der Waals surface area contributed by atoms with Crippen molar-refractivity contribution in [3.05, 3.63) is 55.0 Å². The fourth-order valence-electron chi connectivity index (χ4n) is 5.03. The molecule has 5 rings (SSSR count). The standard InChI is InChI=1S/C26H29FN6O2S2/c1-2-35-25(34)13-18-7-6-10-23-19(12-11-18)14-24(33(36)37-27)32-26(30-23)22(16-29-32)20-15-28-31(17-20)21-8-4-3-5-9-21/h3-5,8-9,14-19,36H,2,6-7,10-13H2,1H3. The Hall–Kier alpha value is -3.05. The van der Waals surface area contributed by atoms with Crippen LogP contribution in [0.1, 0.15) is 45.4 Å². The summed E-state index contributed by atoms with van der Waals surface area (Å²) in [5, 5.41) is 9.11. The first-order chi connectivity index (χ1) is 18.1. The van der Waals surface area contributed by atoms with Crippen molar-refractivity contribution >= 4 is 48.5 Å². The number of thiol groups is 1. The topological polar surface area (TPSA) is 77.5 Å². The van der Waals surface area contributed by atoms with Crippen molar-refractivity contribution in [3.8, 4) is 16.8 Å². The summed E-state index contributed by atoms with van der Waals surface area (Å²) in [6.07, 6.45) is 12.2. The lowest BCUT2D eigenvalue weighted by Crippen LogP contribution is -2.20. The molecule has 1 saturated carbocycles. The first-order valence-corrected chi connectivity index (χ1v) is 13.6. The Morgan fingerprint density at radius 1 is 1.22 bits per heavy atom. The van der Waals surface area contributed by atoms with Gasteiger partial charge in [0.15, 0.2) is 24.0 Å². The van der Waals surface area contributed by atoms with Crippen LogP contribution in [0.4, 0.5) is 9.70 Å². The maximum absolute atomic E-state index is 13.7. The van der Waals surface area contributed by atoms with Crippen LogP contribution in [0.5, 0.6) is 0 Å². The van der Waals surface area contributed by atoms with Crippen LogP contribution in [0.15, 0.2) is 60.0 Å². The number of nitrogens with zero attached hydrogens (tertiary/aromatic N) is 6. The van der Waals surface area contributed by atoms with Crippen LogP contribution < -0.4 is 0 Å². The van der Waals surface area contributed by atoms with Crippen molar-refractivity contribution in [1.29, 1.82) is 0 Å². The molecule has 37 heavy (non-hydrogen) atoms. The van der Waals surface area contributed by atoms with Gasteiger partial charge in [0.25, 0.3) is 0 Å². The van der Waals surface area contributed by atoms with Crippen LogP contribution in [0.25, 0.3) is 22.6 Å². The number of fused-ring (bicyclic) bond motifs is 2. The highest BCUT2D eigenvalue weighted by Gasteiger charge is 2.29. The lowest BCUT2D eigenvalue weighted by molar-refractivity contribution is -0.144. The van der Waals surface area contributed by atoms with Gasteiger partial charge < -0.3 is 4.74 Å². The molecule has 3 aromatic rings. The van der Waals surface area contributed by atoms with E-state index in [9.17, 15) is 8.68 Å². The van der Waals surface area contributed by atoms with Gasteiger partial charge in [-0.15, -0.1) is 3.89 Å². The van der Waals surface area contributed by atoms with Gasteiger partial charge in [0.05, 0.1) is 24.7 Å². The lowest BCUT2D eigenvalue weighted by atomic mass is 9.82. The van der Waals surface area contributed by atoms with E-state index in [0.29, 0.717) is 24.7 Å². The predicted octanol–water partition coefficient (Wildman–Crippen LogP) is 6.45. The molecule has 2 unspecified atom stereocenters. The second kappa shape index (κ2) is 11.6. The van der Waals surface area contributed by atoms with Crippen LogP contribution in [0.2, 0.25) is 0 Å². The van der Waals surface area contributed by atoms with Crippen LogP contribution in [0, 0.1) is 11.8 Å². The number of carbonyl (C=O) groups excluding carboxylic acids is 1. The molecule has 0 radical (unpaired) electrons. The van der Waals surface area contributed by atoms with Crippen LogP contribution >= 0.6 is 25.1 Å². The average Bonchev–Trinajstić information content (AvgIpc) is 3.51. The molecule has 0 saturated heterocycles. The summed E-state index contributed by atoms with van der Waals surface area (Å²) in [5.74, 6) is 1.24. The molecule has 1 aromatic carbocycles. The molecule has 0 spiro atoms. The summed E-state index contributed by atoms with van der Waals surface area (Å²) in [6.45, 7) is 2.22. The van der Waals surface area contributed by atoms with E-state index in [-0.39, 0.29) is 30.1 Å². The minimum atomic E-state index is -0.143. The number of benzene rings is 1. The molecular weight excluding hydrogens is 511 g/mol. The maximum atomic E-state index is 13.7. The highest BCUT2D eigenvalue weighted by atomic mass is 32.2. The zero-order valence-corrected chi connectivity index (χ0v) is 22.2. The molecule has 1 aliphatic heterocycles. The van der Waals surface area contributed by atoms with E-state index in [2.05, 4.69) is 23.0 Å². The van der Waals surface area contributed by atoms with Gasteiger partial charge in [-0.25, -0.2) is 13.4 Å². The van der Waals surface area contributed by atoms with Crippen LogP contribution in [-0.2, 0) is 9.53 Å². The molecular formula is C26H29FN6O2S2. The van der Waals surface area contributed by atoms with Crippen LogP contribution in [0.3, 0.4) is 0 Å². The number of ether oxygens (including phenoxy) is 1. The number of allylic oxidation sites excluding steroid dienone is 1. The number of hydrogen-bond donors (Lipinski definition) is 1. The van der Waals surface area contributed by atoms with E-state index >= 15 is 0 Å². The molecule has 11 heteroatoms. The third-order valence-electron chi connectivity index (χ3n) is 6.86. The highest BCUT2D eigenvalue weighted by molar-refractivity contribution is 8.02. The summed E-state index contributed by atoms with van der Waals surface area (Å²) in [5.41, 5.74) is 3.67. The van der Waals surface area contributed by atoms with Crippen molar-refractivity contribution in [2.24, 2.45) is 16.8 Å². The smallest absolute Gasteiger partial charge is 0.306 e. The molecule has 1 aliphatic carbocycles. The largest absolute Gasteiger partial charge is 0.466 e. The first-order valence-electron chi connectivity index (χ1n) is 12.5. The molecule has 2 aliphatic rings. The molecule has 0 N–H and O–H groups in total. The second-order valence-corrected chi connectivity index (χ2v) is 10.4. The van der Waals surface area contributed by atoms with Gasteiger partial charge in [-0.05, 0) is 63.2 Å². The lowest BCUT2D eigenvalue weighted by Gasteiger charge is -2.24. The van der Waals surface area contributed by atoms with Gasteiger partial charge in [0, 0.05) is 35.4 Å². The fraction of sp³-hybridized carbons (Fsp3) is 0.385. The zero-order valence-electron chi connectivity index (χ0n) is 20.5. The Kier molecular flexibility index (Phi) is 7.99. The molecule has 194 valence electrons. The third-order valence-corrected chi connectivity index (χ3v) is 7.56. The number of carbonyl (C=O) groups is 1. The Balaban J connectivity index is 1.48. The molecule has 1 fully saturated rings. The molecule has 2 atom stereocenters. The number of esters is 1. The van der Waals surface area contributed by atoms with E-state index < -0.39 is 0 Å². The Bertz CT molecular complexity index is 1310. The molecule has 3 heterocycles. The number of para-hydroxylation sites is 1. The molecule has 8 nitrogen and oxygen atoms in total. The van der Waals surface area contributed by atoms with Gasteiger partial charge in [-0.2, -0.15) is 14.9 Å². The summed E-state index contributed by atoms with van der Waals surface area (Å²) < 4.78 is 23.5. The van der Waals surface area contributed by atoms with Crippen LogP contribution in [-0.4, -0.2) is 41.6 Å². The average molecular weight is 541 g/mol. The molecule has 0 bridgehead atoms. The van der Waals surface area contributed by atoms with Crippen molar-refractivity contribution in [2.75, 3.05) is 6.61 Å². The maximum Gasteiger partial charge on any atom is 0.306 e. The van der Waals surface area contributed by atoms with E-state index in [1.54, 1.807) is 17.1 Å². The summed E-state index contributed by atoms with van der Waals surface area (Å²) in [6, 6.07) is 9.87. The van der Waals surface area contributed by atoms with E-state index in [1.165, 1.54) is 3.71 Å².